The highest BCUT2D eigenvalue weighted by molar-refractivity contribution is 6.33. The summed E-state index contributed by atoms with van der Waals surface area (Å²) in [5.41, 5.74) is 4.05. The largest absolute Gasteiger partial charge is 0.389 e. The molecule has 0 aliphatic carbocycles. The number of hydrogen-bond acceptors (Lipinski definition) is 8. The van der Waals surface area contributed by atoms with E-state index in [1.807, 2.05) is 25.1 Å². The molecule has 0 bridgehead atoms. The Balaban J connectivity index is 1.59. The molecule has 210 valence electrons. The first-order chi connectivity index (χ1) is 18.7. The lowest BCUT2D eigenvalue weighted by Gasteiger charge is -2.39. The molecule has 0 amide bonds. The van der Waals surface area contributed by atoms with Crippen molar-refractivity contribution in [3.05, 3.63) is 50.9 Å². The predicted molar refractivity (Wildman–Crippen MR) is 154 cm³/mol. The maximum Gasteiger partial charge on any atom is 0.223 e. The van der Waals surface area contributed by atoms with Crippen molar-refractivity contribution in [2.75, 3.05) is 31.7 Å². The first-order valence-electron chi connectivity index (χ1n) is 13.7. The number of morpholine rings is 1. The minimum absolute atomic E-state index is 0.0432. The van der Waals surface area contributed by atoms with E-state index in [9.17, 15) is 9.90 Å². The van der Waals surface area contributed by atoms with Gasteiger partial charge in [-0.2, -0.15) is 0 Å². The number of benzene rings is 1. The van der Waals surface area contributed by atoms with Crippen molar-refractivity contribution in [1.29, 1.82) is 0 Å². The Bertz CT molecular complexity index is 1400. The van der Waals surface area contributed by atoms with Gasteiger partial charge in [0.25, 0.3) is 0 Å². The Kier molecular flexibility index (Phi) is 8.26. The zero-order valence-corrected chi connectivity index (χ0v) is 24.0. The van der Waals surface area contributed by atoms with Gasteiger partial charge < -0.3 is 24.5 Å². The number of fused-ring (bicyclic) bond motifs is 1. The van der Waals surface area contributed by atoms with Crippen LogP contribution < -0.4 is 10.7 Å². The van der Waals surface area contributed by atoms with Gasteiger partial charge in [-0.25, -0.2) is 9.97 Å². The molecule has 0 radical (unpaired) electrons. The molecule has 10 heteroatoms. The van der Waals surface area contributed by atoms with Crippen LogP contribution in [0.25, 0.3) is 22.2 Å². The Labute approximate surface area is 234 Å². The van der Waals surface area contributed by atoms with Crippen LogP contribution in [0.1, 0.15) is 51.4 Å². The van der Waals surface area contributed by atoms with Crippen LogP contribution in [0.2, 0.25) is 5.02 Å². The highest BCUT2D eigenvalue weighted by Crippen LogP contribution is 2.31. The number of anilines is 1. The Morgan fingerprint density at radius 1 is 1.18 bits per heavy atom. The van der Waals surface area contributed by atoms with Crippen molar-refractivity contribution in [3.8, 4) is 11.3 Å². The van der Waals surface area contributed by atoms with Gasteiger partial charge in [0.15, 0.2) is 5.43 Å². The molecule has 4 atom stereocenters. The molecule has 3 aromatic rings. The summed E-state index contributed by atoms with van der Waals surface area (Å²) in [6, 6.07) is 6.20. The lowest BCUT2D eigenvalue weighted by molar-refractivity contribution is -0.0420. The molecule has 2 N–H and O–H groups in total. The van der Waals surface area contributed by atoms with Crippen molar-refractivity contribution < 1.29 is 14.6 Å². The summed E-state index contributed by atoms with van der Waals surface area (Å²) in [5, 5.41) is 14.6. The van der Waals surface area contributed by atoms with E-state index >= 15 is 0 Å². The Morgan fingerprint density at radius 2 is 1.92 bits per heavy atom. The van der Waals surface area contributed by atoms with Crippen molar-refractivity contribution in [3.63, 3.8) is 0 Å². The second-order valence-electron chi connectivity index (χ2n) is 11.1. The third-order valence-corrected chi connectivity index (χ3v) is 8.20. The topological polar surface area (TPSA) is 102 Å². The fourth-order valence-corrected chi connectivity index (χ4v) is 5.93. The van der Waals surface area contributed by atoms with E-state index in [1.165, 1.54) is 0 Å². The van der Waals surface area contributed by atoms with Gasteiger partial charge in [-0.3, -0.25) is 9.69 Å². The van der Waals surface area contributed by atoms with Crippen LogP contribution in [0.15, 0.2) is 29.2 Å². The molecule has 9 nitrogen and oxygen atoms in total. The molecule has 4 heterocycles. The highest BCUT2D eigenvalue weighted by atomic mass is 35.5. The molecule has 2 aliphatic heterocycles. The van der Waals surface area contributed by atoms with Crippen LogP contribution in [0, 0.1) is 6.92 Å². The number of aromatic nitrogens is 3. The van der Waals surface area contributed by atoms with E-state index < -0.39 is 6.10 Å². The number of nitrogens with one attached hydrogen (secondary N) is 1. The average molecular weight is 556 g/mol. The maximum absolute atomic E-state index is 13.6. The molecule has 0 spiro atoms. The third kappa shape index (κ3) is 5.56. The van der Waals surface area contributed by atoms with E-state index in [1.54, 1.807) is 6.20 Å². The molecule has 1 aromatic carbocycles. The van der Waals surface area contributed by atoms with E-state index in [4.69, 9.17) is 26.1 Å². The molecular weight excluding hydrogens is 518 g/mol. The molecule has 2 saturated heterocycles. The number of pyridine rings is 1. The fourth-order valence-electron chi connectivity index (χ4n) is 5.73. The molecule has 2 fully saturated rings. The summed E-state index contributed by atoms with van der Waals surface area (Å²) in [6.07, 6.45) is 1.59. The van der Waals surface area contributed by atoms with Crippen LogP contribution in [0.3, 0.4) is 0 Å². The maximum atomic E-state index is 13.6. The number of aliphatic hydroxyl groups excluding tert-OH is 1. The van der Waals surface area contributed by atoms with Gasteiger partial charge in [-0.15, -0.1) is 0 Å². The van der Waals surface area contributed by atoms with Crippen LogP contribution in [-0.4, -0.2) is 75.2 Å². The second-order valence-corrected chi connectivity index (χ2v) is 11.5. The number of halogens is 1. The van der Waals surface area contributed by atoms with Gasteiger partial charge in [-0.05, 0) is 53.2 Å². The molecule has 5 rings (SSSR count). The monoisotopic (exact) mass is 555 g/mol. The summed E-state index contributed by atoms with van der Waals surface area (Å²) >= 11 is 6.60. The molecule has 2 aromatic heterocycles. The number of nitrogens with zero attached hydrogens (tertiary/aromatic N) is 4. The minimum Gasteiger partial charge on any atom is -0.389 e. The van der Waals surface area contributed by atoms with Crippen molar-refractivity contribution in [2.45, 2.75) is 77.9 Å². The van der Waals surface area contributed by atoms with E-state index in [-0.39, 0.29) is 36.2 Å². The van der Waals surface area contributed by atoms with Crippen molar-refractivity contribution >= 4 is 28.5 Å². The van der Waals surface area contributed by atoms with Gasteiger partial charge in [0.1, 0.15) is 0 Å². The van der Waals surface area contributed by atoms with Gasteiger partial charge >= 0.3 is 0 Å². The summed E-state index contributed by atoms with van der Waals surface area (Å²) in [4.78, 5) is 25.1. The van der Waals surface area contributed by atoms with E-state index in [0.29, 0.717) is 54.8 Å². The number of hydrogen-bond donors (Lipinski definition) is 2. The van der Waals surface area contributed by atoms with Crippen LogP contribution >= 0.6 is 11.6 Å². The zero-order valence-electron chi connectivity index (χ0n) is 23.3. The predicted octanol–water partition coefficient (Wildman–Crippen LogP) is 4.17. The van der Waals surface area contributed by atoms with E-state index in [2.05, 4.69) is 47.5 Å². The molecule has 39 heavy (non-hydrogen) atoms. The van der Waals surface area contributed by atoms with Crippen LogP contribution in [-0.2, 0) is 16.0 Å². The van der Waals surface area contributed by atoms with Crippen LogP contribution in [0.4, 0.5) is 5.95 Å². The standard InChI is InChI=1S/C29H38ClN5O4/c1-16(2)35-24-10-20(27-22(30)11-31-29(33-27)32-23-8-9-38-15-26(23)36)6-7-21(24)28(37)19(5)25(35)12-34-17(3)13-39-14-18(34)4/h6-7,10-11,16-18,23,26,36H,8-9,12-15H2,1-5H3,(H,31,32,33)/t17-,18-,23-,26-/m1/s1. The average Bonchev–Trinajstić information content (AvgIpc) is 2.91. The molecule has 0 saturated carbocycles. The van der Waals surface area contributed by atoms with Gasteiger partial charge in [0, 0.05) is 53.5 Å². The lowest BCUT2D eigenvalue weighted by Crippen LogP contribution is -2.49. The first-order valence-corrected chi connectivity index (χ1v) is 14.1. The first kappa shape index (κ1) is 28.0. The van der Waals surface area contributed by atoms with Crippen LogP contribution in [0.5, 0.6) is 0 Å². The zero-order chi connectivity index (χ0) is 27.8. The Hall–Kier alpha value is -2.56. The SMILES string of the molecule is Cc1c(CN2[C@H](C)COC[C@H]2C)n(C(C)C)c2cc(-c3nc(N[C@@H]4CCOC[C@H]4O)ncc3Cl)ccc2c1=O. The number of rotatable bonds is 6. The molecule has 0 unspecified atom stereocenters. The quantitative estimate of drug-likeness (QED) is 0.467. The van der Waals surface area contributed by atoms with Gasteiger partial charge in [-0.1, -0.05) is 17.7 Å². The number of ether oxygens (including phenoxy) is 2. The Morgan fingerprint density at radius 3 is 2.62 bits per heavy atom. The minimum atomic E-state index is -0.638. The number of aliphatic hydroxyl groups is 1. The smallest absolute Gasteiger partial charge is 0.223 e. The lowest BCUT2D eigenvalue weighted by atomic mass is 10.0. The third-order valence-electron chi connectivity index (χ3n) is 7.92. The van der Waals surface area contributed by atoms with Crippen molar-refractivity contribution in [2.24, 2.45) is 0 Å². The summed E-state index contributed by atoms with van der Waals surface area (Å²) in [7, 11) is 0. The van der Waals surface area contributed by atoms with E-state index in [0.717, 1.165) is 22.3 Å². The summed E-state index contributed by atoms with van der Waals surface area (Å²) in [5.74, 6) is 0.390. The van der Waals surface area contributed by atoms with Crippen molar-refractivity contribution in [1.82, 2.24) is 19.4 Å². The highest BCUT2D eigenvalue weighted by Gasteiger charge is 2.28. The molecule has 2 aliphatic rings. The summed E-state index contributed by atoms with van der Waals surface area (Å²) in [6.45, 7) is 13.4. The van der Waals surface area contributed by atoms with Gasteiger partial charge in [0.2, 0.25) is 5.95 Å². The second kappa shape index (κ2) is 11.5. The normalized spacial score (nSPS) is 24.4. The van der Waals surface area contributed by atoms with Gasteiger partial charge in [0.05, 0.1) is 54.4 Å². The summed E-state index contributed by atoms with van der Waals surface area (Å²) < 4.78 is 13.3. The molecular formula is C29H38ClN5O4. The fraction of sp³-hybridized carbons (Fsp3) is 0.552.